The maximum atomic E-state index is 12.8. The number of aromatic nitrogens is 5. The van der Waals surface area contributed by atoms with Gasteiger partial charge in [-0.2, -0.15) is 5.10 Å². The standard InChI is InChI=1S/C20H20N6O2S2/c1-12-22-15(10-29-12)9-26-20(28)25-7-6-14(3-5-18(25)24-26)23-19(27)13-2-4-16-17(8-13)30-11-21-16/h2,4,8,10-11,14H,3,5-7,9H2,1H3,(H,23,27). The quantitative estimate of drug-likeness (QED) is 0.526. The van der Waals surface area contributed by atoms with Crippen molar-refractivity contribution >= 4 is 38.8 Å². The summed E-state index contributed by atoms with van der Waals surface area (Å²) < 4.78 is 4.22. The van der Waals surface area contributed by atoms with Crippen LogP contribution in [0.5, 0.6) is 0 Å². The van der Waals surface area contributed by atoms with E-state index in [1.807, 2.05) is 24.4 Å². The predicted molar refractivity (Wildman–Crippen MR) is 116 cm³/mol. The molecular weight excluding hydrogens is 420 g/mol. The van der Waals surface area contributed by atoms with Crippen LogP contribution in [0.15, 0.2) is 33.9 Å². The molecule has 1 N–H and O–H groups in total. The van der Waals surface area contributed by atoms with Crippen molar-refractivity contribution < 1.29 is 4.79 Å². The molecule has 4 aromatic rings. The van der Waals surface area contributed by atoms with Gasteiger partial charge in [-0.25, -0.2) is 19.4 Å². The number of rotatable bonds is 4. The Morgan fingerprint density at radius 3 is 3.03 bits per heavy atom. The van der Waals surface area contributed by atoms with Gasteiger partial charge in [-0.05, 0) is 38.0 Å². The van der Waals surface area contributed by atoms with Crippen LogP contribution in [0.1, 0.15) is 39.7 Å². The highest BCUT2D eigenvalue weighted by molar-refractivity contribution is 7.16. The number of aryl methyl sites for hydroxylation is 2. The van der Waals surface area contributed by atoms with Crippen LogP contribution in [-0.4, -0.2) is 36.3 Å². The van der Waals surface area contributed by atoms with E-state index in [1.54, 1.807) is 27.5 Å². The molecule has 1 aliphatic heterocycles. The van der Waals surface area contributed by atoms with Gasteiger partial charge in [0, 0.05) is 30.0 Å². The maximum absolute atomic E-state index is 12.8. The van der Waals surface area contributed by atoms with Crippen molar-refractivity contribution in [3.05, 3.63) is 61.7 Å². The Balaban J connectivity index is 1.26. The maximum Gasteiger partial charge on any atom is 0.346 e. The Hall–Kier alpha value is -2.85. The van der Waals surface area contributed by atoms with E-state index in [0.717, 1.165) is 33.2 Å². The zero-order valence-corrected chi connectivity index (χ0v) is 18.0. The van der Waals surface area contributed by atoms with Crippen LogP contribution in [0.4, 0.5) is 0 Å². The summed E-state index contributed by atoms with van der Waals surface area (Å²) in [5, 5.41) is 10.6. The third-order valence-electron chi connectivity index (χ3n) is 5.32. The van der Waals surface area contributed by atoms with Crippen molar-refractivity contribution in [1.82, 2.24) is 29.6 Å². The Kier molecular flexibility index (Phi) is 4.95. The Labute approximate surface area is 180 Å². The molecule has 4 heterocycles. The summed E-state index contributed by atoms with van der Waals surface area (Å²) in [4.78, 5) is 34.1. The van der Waals surface area contributed by atoms with E-state index >= 15 is 0 Å². The van der Waals surface area contributed by atoms with Gasteiger partial charge < -0.3 is 5.32 Å². The molecular formula is C20H20N6O2S2. The van der Waals surface area contributed by atoms with E-state index in [4.69, 9.17) is 0 Å². The normalized spacial score (nSPS) is 16.4. The lowest BCUT2D eigenvalue weighted by atomic mass is 10.1. The molecule has 5 rings (SSSR count). The number of carbonyl (C=O) groups is 1. The number of amides is 1. The highest BCUT2D eigenvalue weighted by Gasteiger charge is 2.23. The summed E-state index contributed by atoms with van der Waals surface area (Å²) >= 11 is 3.09. The smallest absolute Gasteiger partial charge is 0.346 e. The number of hydrogen-bond acceptors (Lipinski definition) is 7. The van der Waals surface area contributed by atoms with Gasteiger partial charge in [-0.1, -0.05) is 0 Å². The monoisotopic (exact) mass is 440 g/mol. The molecule has 0 saturated carbocycles. The first-order valence-electron chi connectivity index (χ1n) is 9.78. The first-order chi connectivity index (χ1) is 14.6. The van der Waals surface area contributed by atoms with Gasteiger partial charge in [0.2, 0.25) is 0 Å². The predicted octanol–water partition coefficient (Wildman–Crippen LogP) is 2.60. The Morgan fingerprint density at radius 1 is 1.30 bits per heavy atom. The van der Waals surface area contributed by atoms with E-state index in [9.17, 15) is 9.59 Å². The number of hydrogen-bond donors (Lipinski definition) is 1. The van der Waals surface area contributed by atoms with Gasteiger partial charge in [-0.15, -0.1) is 22.7 Å². The largest absolute Gasteiger partial charge is 0.349 e. The number of nitrogens with zero attached hydrogens (tertiary/aromatic N) is 5. The lowest BCUT2D eigenvalue weighted by Gasteiger charge is -2.16. The molecule has 8 nitrogen and oxygen atoms in total. The topological polar surface area (TPSA) is 94.7 Å². The second kappa shape index (κ2) is 7.77. The minimum Gasteiger partial charge on any atom is -0.349 e. The van der Waals surface area contributed by atoms with E-state index in [0.29, 0.717) is 31.5 Å². The fourth-order valence-corrected chi connectivity index (χ4v) is 5.09. The van der Waals surface area contributed by atoms with Crippen molar-refractivity contribution in [3.63, 3.8) is 0 Å². The highest BCUT2D eigenvalue weighted by atomic mass is 32.1. The molecule has 1 aromatic carbocycles. The van der Waals surface area contributed by atoms with E-state index < -0.39 is 0 Å². The number of benzene rings is 1. The van der Waals surface area contributed by atoms with Crippen molar-refractivity contribution in [2.75, 3.05) is 0 Å². The first-order valence-corrected chi connectivity index (χ1v) is 11.5. The minimum absolute atomic E-state index is 0.00500. The van der Waals surface area contributed by atoms with Crippen molar-refractivity contribution in [2.24, 2.45) is 0 Å². The van der Waals surface area contributed by atoms with Crippen LogP contribution < -0.4 is 11.0 Å². The number of fused-ring (bicyclic) bond motifs is 2. The van der Waals surface area contributed by atoms with Gasteiger partial charge in [0.1, 0.15) is 5.82 Å². The SMILES string of the molecule is Cc1nc(Cn2nc3n(c2=O)CCC(NC(=O)c2ccc4ncsc4c2)CC3)cs1. The van der Waals surface area contributed by atoms with Crippen molar-refractivity contribution in [3.8, 4) is 0 Å². The summed E-state index contributed by atoms with van der Waals surface area (Å²) in [7, 11) is 0. The molecule has 1 amide bonds. The summed E-state index contributed by atoms with van der Waals surface area (Å²) in [5.74, 6) is 0.681. The second-order valence-corrected chi connectivity index (χ2v) is 9.35. The van der Waals surface area contributed by atoms with E-state index in [1.165, 1.54) is 16.0 Å². The Bertz CT molecular complexity index is 1280. The molecule has 0 spiro atoms. The Morgan fingerprint density at radius 2 is 2.20 bits per heavy atom. The molecule has 0 saturated heterocycles. The fraction of sp³-hybridized carbons (Fsp3) is 0.350. The lowest BCUT2D eigenvalue weighted by molar-refractivity contribution is 0.0933. The zero-order chi connectivity index (χ0) is 20.7. The van der Waals surface area contributed by atoms with Crippen molar-refractivity contribution in [2.45, 2.75) is 45.3 Å². The molecule has 1 atom stereocenters. The van der Waals surface area contributed by atoms with Crippen LogP contribution in [0, 0.1) is 6.92 Å². The van der Waals surface area contributed by atoms with E-state index in [2.05, 4.69) is 20.4 Å². The summed E-state index contributed by atoms with van der Waals surface area (Å²) in [5.41, 5.74) is 4.06. The van der Waals surface area contributed by atoms with E-state index in [-0.39, 0.29) is 17.6 Å². The van der Waals surface area contributed by atoms with Gasteiger partial charge in [0.05, 0.1) is 33.0 Å². The average molecular weight is 441 g/mol. The molecule has 10 heteroatoms. The first kappa shape index (κ1) is 19.1. The van der Waals surface area contributed by atoms with Crippen LogP contribution >= 0.6 is 22.7 Å². The third-order valence-corrected chi connectivity index (χ3v) is 6.94. The molecule has 154 valence electrons. The molecule has 0 radical (unpaired) electrons. The van der Waals surface area contributed by atoms with Gasteiger partial charge in [-0.3, -0.25) is 9.36 Å². The summed E-state index contributed by atoms with van der Waals surface area (Å²) in [6.45, 7) is 2.88. The molecule has 0 bridgehead atoms. The van der Waals surface area contributed by atoms with Crippen molar-refractivity contribution in [1.29, 1.82) is 0 Å². The molecule has 0 aliphatic carbocycles. The van der Waals surface area contributed by atoms with Crippen LogP contribution in [0.25, 0.3) is 10.2 Å². The molecule has 3 aromatic heterocycles. The zero-order valence-electron chi connectivity index (χ0n) is 16.4. The van der Waals surface area contributed by atoms with Gasteiger partial charge in [0.15, 0.2) is 0 Å². The van der Waals surface area contributed by atoms with Crippen LogP contribution in [0.2, 0.25) is 0 Å². The molecule has 1 aliphatic rings. The highest BCUT2D eigenvalue weighted by Crippen LogP contribution is 2.20. The third kappa shape index (κ3) is 3.68. The van der Waals surface area contributed by atoms with Crippen LogP contribution in [-0.2, 0) is 19.5 Å². The molecule has 1 unspecified atom stereocenters. The lowest BCUT2D eigenvalue weighted by Crippen LogP contribution is -2.35. The van der Waals surface area contributed by atoms with Gasteiger partial charge >= 0.3 is 5.69 Å². The second-order valence-electron chi connectivity index (χ2n) is 7.40. The van der Waals surface area contributed by atoms with Crippen LogP contribution in [0.3, 0.4) is 0 Å². The molecule has 30 heavy (non-hydrogen) atoms. The number of nitrogens with one attached hydrogen (secondary N) is 1. The number of carbonyl (C=O) groups excluding carboxylic acids is 1. The minimum atomic E-state index is -0.113. The summed E-state index contributed by atoms with van der Waals surface area (Å²) in [6.07, 6.45) is 2.10. The average Bonchev–Trinajstić information content (AvgIpc) is 3.40. The number of thiazole rings is 2. The summed E-state index contributed by atoms with van der Waals surface area (Å²) in [6, 6.07) is 5.56. The van der Waals surface area contributed by atoms with Gasteiger partial charge in [0.25, 0.3) is 5.91 Å². The fourth-order valence-electron chi connectivity index (χ4n) is 3.77. The molecule has 0 fully saturated rings.